The van der Waals surface area contributed by atoms with E-state index >= 15 is 0 Å². The predicted octanol–water partition coefficient (Wildman–Crippen LogP) is 3.37. The zero-order valence-corrected chi connectivity index (χ0v) is 15.2. The lowest BCUT2D eigenvalue weighted by atomic mass is 10.2. The van der Waals surface area contributed by atoms with Crippen LogP contribution < -0.4 is 4.80 Å². The quantitative estimate of drug-likeness (QED) is 0.504. The molecule has 0 saturated heterocycles. The number of carbonyl (C=O) groups excluding carboxylic acids is 1. The van der Waals surface area contributed by atoms with Gasteiger partial charge in [-0.15, -0.1) is 0 Å². The van der Waals surface area contributed by atoms with Crippen LogP contribution in [-0.4, -0.2) is 29.1 Å². The van der Waals surface area contributed by atoms with Crippen molar-refractivity contribution in [3.8, 4) is 0 Å². The fraction of sp³-hybridized carbons (Fsp3) is 0.250. The lowest BCUT2D eigenvalue weighted by Crippen LogP contribution is -2.19. The summed E-state index contributed by atoms with van der Waals surface area (Å²) in [7, 11) is 1.62. The standard InChI is InChI=1S/C16H15N3O4S2/c1-10-4-3-5-11-14(10)18(8-9-23-2)16(25-11)17-15(20)12-6-7-13(24-12)19(21)22/h3-7H,8-9H2,1-2H3. The van der Waals surface area contributed by atoms with Gasteiger partial charge in [0.2, 0.25) is 0 Å². The summed E-state index contributed by atoms with van der Waals surface area (Å²) in [4.78, 5) is 27.7. The molecule has 0 N–H and O–H groups in total. The van der Waals surface area contributed by atoms with Gasteiger partial charge < -0.3 is 9.30 Å². The molecule has 0 atom stereocenters. The Balaban J connectivity index is 2.09. The van der Waals surface area contributed by atoms with Gasteiger partial charge in [0.25, 0.3) is 5.91 Å². The number of aryl methyl sites for hydroxylation is 1. The van der Waals surface area contributed by atoms with Gasteiger partial charge in [-0.05, 0) is 24.6 Å². The Morgan fingerprint density at radius 3 is 2.80 bits per heavy atom. The van der Waals surface area contributed by atoms with E-state index in [0.717, 1.165) is 27.1 Å². The molecule has 0 fully saturated rings. The van der Waals surface area contributed by atoms with Gasteiger partial charge in [-0.3, -0.25) is 14.9 Å². The number of hydrogen-bond donors (Lipinski definition) is 0. The van der Waals surface area contributed by atoms with Crippen molar-refractivity contribution in [1.29, 1.82) is 0 Å². The first kappa shape index (κ1) is 17.5. The molecule has 3 rings (SSSR count). The Hall–Kier alpha value is -2.36. The predicted molar refractivity (Wildman–Crippen MR) is 97.3 cm³/mol. The van der Waals surface area contributed by atoms with Crippen molar-refractivity contribution in [3.63, 3.8) is 0 Å². The zero-order valence-electron chi connectivity index (χ0n) is 13.6. The summed E-state index contributed by atoms with van der Waals surface area (Å²) >= 11 is 2.25. The molecule has 0 radical (unpaired) electrons. The molecule has 2 heterocycles. The topological polar surface area (TPSA) is 86.7 Å². The number of para-hydroxylation sites is 1. The Labute approximate surface area is 151 Å². The molecule has 1 aromatic carbocycles. The van der Waals surface area contributed by atoms with Crippen LogP contribution in [0.4, 0.5) is 5.00 Å². The van der Waals surface area contributed by atoms with E-state index in [2.05, 4.69) is 4.99 Å². The molecule has 0 saturated carbocycles. The smallest absolute Gasteiger partial charge is 0.324 e. The lowest BCUT2D eigenvalue weighted by Gasteiger charge is -2.06. The van der Waals surface area contributed by atoms with Crippen molar-refractivity contribution in [2.75, 3.05) is 13.7 Å². The molecule has 130 valence electrons. The van der Waals surface area contributed by atoms with Gasteiger partial charge in [-0.2, -0.15) is 4.99 Å². The molecule has 0 bridgehead atoms. The highest BCUT2D eigenvalue weighted by molar-refractivity contribution is 7.17. The Kier molecular flexibility index (Phi) is 5.07. The summed E-state index contributed by atoms with van der Waals surface area (Å²) in [6.45, 7) is 3.07. The van der Waals surface area contributed by atoms with Crippen molar-refractivity contribution < 1.29 is 14.5 Å². The van der Waals surface area contributed by atoms with Gasteiger partial charge >= 0.3 is 5.00 Å². The van der Waals surface area contributed by atoms with E-state index in [1.807, 2.05) is 29.7 Å². The fourth-order valence-electron chi connectivity index (χ4n) is 2.47. The highest BCUT2D eigenvalue weighted by atomic mass is 32.1. The highest BCUT2D eigenvalue weighted by Crippen LogP contribution is 2.25. The van der Waals surface area contributed by atoms with Gasteiger partial charge in [-0.25, -0.2) is 0 Å². The number of ether oxygens (including phenoxy) is 1. The number of nitrogens with zero attached hydrogens (tertiary/aromatic N) is 3. The van der Waals surface area contributed by atoms with Crippen LogP contribution in [0.3, 0.4) is 0 Å². The van der Waals surface area contributed by atoms with Crippen molar-refractivity contribution >= 4 is 43.8 Å². The summed E-state index contributed by atoms with van der Waals surface area (Å²) in [6, 6.07) is 8.71. The largest absolute Gasteiger partial charge is 0.383 e. The van der Waals surface area contributed by atoms with Gasteiger partial charge in [0.15, 0.2) is 4.80 Å². The summed E-state index contributed by atoms with van der Waals surface area (Å²) in [6.07, 6.45) is 0. The van der Waals surface area contributed by atoms with Crippen molar-refractivity contribution in [1.82, 2.24) is 4.57 Å². The average molecular weight is 377 g/mol. The van der Waals surface area contributed by atoms with Crippen LogP contribution in [-0.2, 0) is 11.3 Å². The average Bonchev–Trinajstić information content (AvgIpc) is 3.18. The van der Waals surface area contributed by atoms with Gasteiger partial charge in [-0.1, -0.05) is 34.8 Å². The Morgan fingerprint density at radius 2 is 2.12 bits per heavy atom. The number of aromatic nitrogens is 1. The van der Waals surface area contributed by atoms with Crippen LogP contribution in [0.15, 0.2) is 35.3 Å². The maximum atomic E-state index is 12.4. The number of fused-ring (bicyclic) bond motifs is 1. The first-order chi connectivity index (χ1) is 12.0. The first-order valence-electron chi connectivity index (χ1n) is 7.42. The number of rotatable bonds is 5. The van der Waals surface area contributed by atoms with Crippen LogP contribution in [0.2, 0.25) is 0 Å². The normalized spacial score (nSPS) is 12.0. The molecule has 3 aromatic rings. The third kappa shape index (κ3) is 3.53. The molecule has 0 unspecified atom stereocenters. The molecule has 0 aliphatic rings. The monoisotopic (exact) mass is 377 g/mol. The third-order valence-corrected chi connectivity index (χ3v) is 5.67. The molecule has 0 spiro atoms. The fourth-order valence-corrected chi connectivity index (χ4v) is 4.30. The summed E-state index contributed by atoms with van der Waals surface area (Å²) in [5.74, 6) is -0.478. The SMILES string of the molecule is COCCn1c(=NC(=O)c2ccc([N+](=O)[O-])s2)sc2cccc(C)c21. The second kappa shape index (κ2) is 7.26. The van der Waals surface area contributed by atoms with Crippen molar-refractivity contribution in [2.45, 2.75) is 13.5 Å². The summed E-state index contributed by atoms with van der Waals surface area (Å²) in [5.41, 5.74) is 2.11. The number of amides is 1. The second-order valence-corrected chi connectivity index (χ2v) is 7.33. The molecule has 0 aliphatic heterocycles. The van der Waals surface area contributed by atoms with Crippen molar-refractivity contribution in [3.05, 3.63) is 55.7 Å². The minimum Gasteiger partial charge on any atom is -0.383 e. The van der Waals surface area contributed by atoms with E-state index in [-0.39, 0.29) is 9.88 Å². The van der Waals surface area contributed by atoms with E-state index < -0.39 is 10.8 Å². The zero-order chi connectivity index (χ0) is 18.0. The van der Waals surface area contributed by atoms with E-state index in [4.69, 9.17) is 4.74 Å². The maximum absolute atomic E-state index is 12.4. The number of hydrogen-bond acceptors (Lipinski definition) is 6. The van der Waals surface area contributed by atoms with Gasteiger partial charge in [0.1, 0.15) is 4.88 Å². The number of thiophene rings is 1. The van der Waals surface area contributed by atoms with Crippen LogP contribution in [0.5, 0.6) is 0 Å². The maximum Gasteiger partial charge on any atom is 0.324 e. The molecule has 1 amide bonds. The molecule has 2 aromatic heterocycles. The molecule has 7 nitrogen and oxygen atoms in total. The summed E-state index contributed by atoms with van der Waals surface area (Å²) < 4.78 is 8.15. The first-order valence-corrected chi connectivity index (χ1v) is 9.05. The molecular weight excluding hydrogens is 362 g/mol. The minimum atomic E-state index is -0.511. The number of carbonyl (C=O) groups is 1. The molecule has 25 heavy (non-hydrogen) atoms. The van der Waals surface area contributed by atoms with E-state index in [1.165, 1.54) is 23.5 Å². The van der Waals surface area contributed by atoms with Crippen LogP contribution in [0.1, 0.15) is 15.2 Å². The summed E-state index contributed by atoms with van der Waals surface area (Å²) in [5, 5.41) is 10.7. The van der Waals surface area contributed by atoms with Gasteiger partial charge in [0.05, 0.1) is 21.7 Å². The number of methoxy groups -OCH3 is 1. The number of nitro groups is 1. The molecule has 9 heteroatoms. The molecule has 0 aliphatic carbocycles. The number of benzene rings is 1. The minimum absolute atomic E-state index is 0.0713. The van der Waals surface area contributed by atoms with Crippen LogP contribution in [0.25, 0.3) is 10.2 Å². The Morgan fingerprint density at radius 1 is 1.32 bits per heavy atom. The third-order valence-electron chi connectivity index (χ3n) is 3.60. The van der Waals surface area contributed by atoms with Crippen LogP contribution >= 0.6 is 22.7 Å². The Bertz CT molecular complexity index is 1020. The van der Waals surface area contributed by atoms with Crippen molar-refractivity contribution in [2.24, 2.45) is 4.99 Å². The number of thiazole rings is 1. The highest BCUT2D eigenvalue weighted by Gasteiger charge is 2.16. The molecular formula is C16H15N3O4S2. The van der Waals surface area contributed by atoms with E-state index in [1.54, 1.807) is 7.11 Å². The van der Waals surface area contributed by atoms with E-state index in [9.17, 15) is 14.9 Å². The van der Waals surface area contributed by atoms with Gasteiger partial charge in [0, 0.05) is 19.7 Å². The lowest BCUT2D eigenvalue weighted by molar-refractivity contribution is -0.380. The van der Waals surface area contributed by atoms with E-state index in [0.29, 0.717) is 18.0 Å². The van der Waals surface area contributed by atoms with Crippen LogP contribution in [0, 0.1) is 17.0 Å². The second-order valence-electron chi connectivity index (χ2n) is 5.26.